The Labute approximate surface area is 124 Å². The Morgan fingerprint density at radius 2 is 1.71 bits per heavy atom. The fraction of sp³-hybridized carbons (Fsp3) is 0.250. The third kappa shape index (κ3) is 4.37. The van der Waals surface area contributed by atoms with Gasteiger partial charge in [-0.25, -0.2) is 17.5 Å². The minimum atomic E-state index is -3.48. The maximum absolute atomic E-state index is 12.8. The van der Waals surface area contributed by atoms with Gasteiger partial charge in [-0.05, 0) is 42.7 Å². The summed E-state index contributed by atoms with van der Waals surface area (Å²) in [6.45, 7) is 3.75. The lowest BCUT2D eigenvalue weighted by Gasteiger charge is -2.16. The van der Waals surface area contributed by atoms with E-state index in [0.717, 1.165) is 11.1 Å². The van der Waals surface area contributed by atoms with Crippen LogP contribution in [0.2, 0.25) is 0 Å². The lowest BCUT2D eigenvalue weighted by atomic mass is 10.0. The van der Waals surface area contributed by atoms with Crippen LogP contribution in [0.3, 0.4) is 0 Å². The third-order valence-corrected chi connectivity index (χ3v) is 4.71. The molecular weight excluding hydrogens is 289 g/mol. The molecule has 0 heterocycles. The minimum Gasteiger partial charge on any atom is -0.212 e. The van der Waals surface area contributed by atoms with E-state index in [9.17, 15) is 12.8 Å². The number of nitrogens with one attached hydrogen (secondary N) is 1. The predicted molar refractivity (Wildman–Crippen MR) is 81.8 cm³/mol. The van der Waals surface area contributed by atoms with E-state index < -0.39 is 10.0 Å². The van der Waals surface area contributed by atoms with Crippen molar-refractivity contribution in [3.05, 3.63) is 71.0 Å². The van der Waals surface area contributed by atoms with Crippen molar-refractivity contribution < 1.29 is 12.8 Å². The van der Waals surface area contributed by atoms with Gasteiger partial charge in [0.2, 0.25) is 10.0 Å². The first-order valence-electron chi connectivity index (χ1n) is 6.67. The van der Waals surface area contributed by atoms with Crippen LogP contribution in [0.15, 0.2) is 48.5 Å². The summed E-state index contributed by atoms with van der Waals surface area (Å²) in [6, 6.07) is 12.8. The molecular formula is C16H18FNO2S. The van der Waals surface area contributed by atoms with Crippen molar-refractivity contribution in [1.29, 1.82) is 0 Å². The van der Waals surface area contributed by atoms with Gasteiger partial charge in [0, 0.05) is 6.04 Å². The molecule has 1 N–H and O–H groups in total. The van der Waals surface area contributed by atoms with Gasteiger partial charge in [-0.1, -0.05) is 36.4 Å². The van der Waals surface area contributed by atoms with E-state index >= 15 is 0 Å². The van der Waals surface area contributed by atoms with Gasteiger partial charge in [0.15, 0.2) is 0 Å². The Kier molecular flexibility index (Phi) is 4.75. The Morgan fingerprint density at radius 3 is 2.33 bits per heavy atom. The molecule has 0 saturated carbocycles. The van der Waals surface area contributed by atoms with Gasteiger partial charge >= 0.3 is 0 Å². The summed E-state index contributed by atoms with van der Waals surface area (Å²) in [5.74, 6) is -0.541. The fourth-order valence-corrected chi connectivity index (χ4v) is 3.63. The lowest BCUT2D eigenvalue weighted by molar-refractivity contribution is 0.565. The number of aryl methyl sites for hydroxylation is 1. The van der Waals surface area contributed by atoms with Crippen LogP contribution < -0.4 is 4.72 Å². The molecule has 0 aliphatic heterocycles. The number of hydrogen-bond donors (Lipinski definition) is 1. The molecule has 3 nitrogen and oxygen atoms in total. The molecule has 0 spiro atoms. The van der Waals surface area contributed by atoms with Crippen LogP contribution in [0.1, 0.15) is 29.7 Å². The van der Waals surface area contributed by atoms with Crippen molar-refractivity contribution in [2.45, 2.75) is 25.6 Å². The zero-order valence-corrected chi connectivity index (χ0v) is 12.8. The Bertz CT molecular complexity index is 711. The molecule has 2 rings (SSSR count). The molecule has 0 aromatic heterocycles. The SMILES string of the molecule is Cc1ccccc1[C@H](C)NS(=O)(=O)Cc1ccc(F)cc1. The van der Waals surface area contributed by atoms with Crippen LogP contribution in [0, 0.1) is 12.7 Å². The maximum Gasteiger partial charge on any atom is 0.216 e. The van der Waals surface area contributed by atoms with E-state index in [1.165, 1.54) is 24.3 Å². The van der Waals surface area contributed by atoms with E-state index in [1.807, 2.05) is 38.1 Å². The lowest BCUT2D eigenvalue weighted by Crippen LogP contribution is -2.28. The fourth-order valence-electron chi connectivity index (χ4n) is 2.25. The average molecular weight is 307 g/mol. The summed E-state index contributed by atoms with van der Waals surface area (Å²) in [4.78, 5) is 0. The summed E-state index contributed by atoms with van der Waals surface area (Å²) in [5, 5.41) is 0. The summed E-state index contributed by atoms with van der Waals surface area (Å²) >= 11 is 0. The molecule has 0 fully saturated rings. The zero-order chi connectivity index (χ0) is 15.5. The van der Waals surface area contributed by atoms with Crippen LogP contribution in [-0.2, 0) is 15.8 Å². The van der Waals surface area contributed by atoms with E-state index in [0.29, 0.717) is 5.56 Å². The number of hydrogen-bond acceptors (Lipinski definition) is 2. The van der Waals surface area contributed by atoms with Gasteiger partial charge < -0.3 is 0 Å². The predicted octanol–water partition coefficient (Wildman–Crippen LogP) is 3.31. The van der Waals surface area contributed by atoms with Crippen molar-refractivity contribution >= 4 is 10.0 Å². The highest BCUT2D eigenvalue weighted by Crippen LogP contribution is 2.18. The highest BCUT2D eigenvalue weighted by atomic mass is 32.2. The van der Waals surface area contributed by atoms with Crippen LogP contribution in [0.4, 0.5) is 4.39 Å². The number of sulfonamides is 1. The number of rotatable bonds is 5. The summed E-state index contributed by atoms with van der Waals surface area (Å²) in [7, 11) is -3.48. The molecule has 0 saturated heterocycles. The van der Waals surface area contributed by atoms with Gasteiger partial charge in [-0.2, -0.15) is 0 Å². The molecule has 0 aliphatic carbocycles. The average Bonchev–Trinajstić information content (AvgIpc) is 2.41. The standard InChI is InChI=1S/C16H18FNO2S/c1-12-5-3-4-6-16(12)13(2)18-21(19,20)11-14-7-9-15(17)10-8-14/h3-10,13,18H,11H2,1-2H3/t13-/m0/s1. The van der Waals surface area contributed by atoms with Crippen molar-refractivity contribution in [1.82, 2.24) is 4.72 Å². The molecule has 0 bridgehead atoms. The Morgan fingerprint density at radius 1 is 1.10 bits per heavy atom. The summed E-state index contributed by atoms with van der Waals surface area (Å²) in [6.07, 6.45) is 0. The molecule has 2 aromatic rings. The van der Waals surface area contributed by atoms with Crippen LogP contribution in [-0.4, -0.2) is 8.42 Å². The van der Waals surface area contributed by atoms with Gasteiger partial charge in [0.1, 0.15) is 5.82 Å². The molecule has 21 heavy (non-hydrogen) atoms. The highest BCUT2D eigenvalue weighted by molar-refractivity contribution is 7.88. The Hall–Kier alpha value is -1.72. The Balaban J connectivity index is 2.10. The summed E-state index contributed by atoms with van der Waals surface area (Å²) < 4.78 is 39.8. The molecule has 2 aromatic carbocycles. The topological polar surface area (TPSA) is 46.2 Å². The summed E-state index contributed by atoms with van der Waals surface area (Å²) in [5.41, 5.74) is 2.54. The molecule has 112 valence electrons. The number of benzene rings is 2. The zero-order valence-electron chi connectivity index (χ0n) is 12.0. The second-order valence-electron chi connectivity index (χ2n) is 5.08. The van der Waals surface area contributed by atoms with E-state index in [-0.39, 0.29) is 17.6 Å². The van der Waals surface area contributed by atoms with Crippen LogP contribution in [0.5, 0.6) is 0 Å². The first-order chi connectivity index (χ1) is 9.87. The minimum absolute atomic E-state index is 0.163. The first kappa shape index (κ1) is 15.7. The van der Waals surface area contributed by atoms with Crippen LogP contribution in [0.25, 0.3) is 0 Å². The van der Waals surface area contributed by atoms with Gasteiger partial charge in [0.25, 0.3) is 0 Å². The normalized spacial score (nSPS) is 13.1. The van der Waals surface area contributed by atoms with Gasteiger partial charge in [0.05, 0.1) is 5.75 Å². The van der Waals surface area contributed by atoms with E-state index in [1.54, 1.807) is 0 Å². The molecule has 5 heteroatoms. The van der Waals surface area contributed by atoms with Crippen molar-refractivity contribution in [3.8, 4) is 0 Å². The number of halogens is 1. The van der Waals surface area contributed by atoms with E-state index in [4.69, 9.17) is 0 Å². The molecule has 0 radical (unpaired) electrons. The largest absolute Gasteiger partial charge is 0.216 e. The quantitative estimate of drug-likeness (QED) is 0.921. The molecule has 0 amide bonds. The van der Waals surface area contributed by atoms with Crippen molar-refractivity contribution in [3.63, 3.8) is 0 Å². The molecule has 0 aliphatic rings. The van der Waals surface area contributed by atoms with Gasteiger partial charge in [-0.3, -0.25) is 0 Å². The molecule has 0 unspecified atom stereocenters. The highest BCUT2D eigenvalue weighted by Gasteiger charge is 2.17. The molecule has 1 atom stereocenters. The first-order valence-corrected chi connectivity index (χ1v) is 8.32. The van der Waals surface area contributed by atoms with E-state index in [2.05, 4.69) is 4.72 Å². The third-order valence-electron chi connectivity index (χ3n) is 3.28. The van der Waals surface area contributed by atoms with Gasteiger partial charge in [-0.15, -0.1) is 0 Å². The second kappa shape index (κ2) is 6.37. The smallest absolute Gasteiger partial charge is 0.212 e. The van der Waals surface area contributed by atoms with Crippen molar-refractivity contribution in [2.75, 3.05) is 0 Å². The second-order valence-corrected chi connectivity index (χ2v) is 6.84. The van der Waals surface area contributed by atoms with Crippen molar-refractivity contribution in [2.24, 2.45) is 0 Å². The van der Waals surface area contributed by atoms with Crippen LogP contribution >= 0.6 is 0 Å². The maximum atomic E-state index is 12.8. The monoisotopic (exact) mass is 307 g/mol.